The van der Waals surface area contributed by atoms with Crippen LogP contribution < -0.4 is 10.6 Å². The Hall–Kier alpha value is -0.650. The number of carbonyl (C=O) groups excluding carboxylic acids is 1. The maximum Gasteiger partial charge on any atom is 0.222 e. The predicted molar refractivity (Wildman–Crippen MR) is 63.3 cm³/mol. The zero-order valence-electron chi connectivity index (χ0n) is 10.3. The summed E-state index contributed by atoms with van der Waals surface area (Å²) in [5, 5.41) is 14.8. The van der Waals surface area contributed by atoms with Gasteiger partial charge in [-0.25, -0.2) is 0 Å². The fourth-order valence-corrected chi connectivity index (χ4v) is 1.10. The third-order valence-electron chi connectivity index (χ3n) is 1.89. The van der Waals surface area contributed by atoms with Crippen molar-refractivity contribution in [3.63, 3.8) is 0 Å². The van der Waals surface area contributed by atoms with Gasteiger partial charge < -0.3 is 20.5 Å². The maximum absolute atomic E-state index is 11.2. The van der Waals surface area contributed by atoms with Gasteiger partial charge in [0, 0.05) is 32.7 Å². The SMILES string of the molecule is CCCOCCC(=O)NCCNCC(C)O. The Balaban J connectivity index is 3.17. The molecular weight excluding hydrogens is 208 g/mol. The van der Waals surface area contributed by atoms with E-state index >= 15 is 0 Å². The van der Waals surface area contributed by atoms with Crippen LogP contribution in [0.25, 0.3) is 0 Å². The van der Waals surface area contributed by atoms with E-state index in [1.165, 1.54) is 0 Å². The van der Waals surface area contributed by atoms with Crippen LogP contribution in [0.1, 0.15) is 26.7 Å². The Bertz CT molecular complexity index is 175. The van der Waals surface area contributed by atoms with E-state index < -0.39 is 0 Å². The zero-order chi connectivity index (χ0) is 12.2. The van der Waals surface area contributed by atoms with Crippen LogP contribution in [0.4, 0.5) is 0 Å². The highest BCUT2D eigenvalue weighted by molar-refractivity contribution is 5.75. The van der Waals surface area contributed by atoms with Gasteiger partial charge in [0.25, 0.3) is 0 Å². The molecule has 1 amide bonds. The second-order valence-electron chi connectivity index (χ2n) is 3.77. The normalized spacial score (nSPS) is 12.4. The summed E-state index contributed by atoms with van der Waals surface area (Å²) in [5.41, 5.74) is 0. The highest BCUT2D eigenvalue weighted by atomic mass is 16.5. The third kappa shape index (κ3) is 11.4. The molecule has 96 valence electrons. The minimum absolute atomic E-state index is 0.00921. The number of carbonyl (C=O) groups is 1. The van der Waals surface area contributed by atoms with Crippen molar-refractivity contribution in [2.75, 3.05) is 32.8 Å². The molecular formula is C11H24N2O3. The van der Waals surface area contributed by atoms with Crippen LogP contribution in [0.2, 0.25) is 0 Å². The molecule has 0 aromatic rings. The Morgan fingerprint density at radius 1 is 1.38 bits per heavy atom. The van der Waals surface area contributed by atoms with Crippen molar-refractivity contribution in [1.29, 1.82) is 0 Å². The van der Waals surface area contributed by atoms with Gasteiger partial charge in [-0.15, -0.1) is 0 Å². The molecule has 0 saturated heterocycles. The fraction of sp³-hybridized carbons (Fsp3) is 0.909. The highest BCUT2D eigenvalue weighted by Crippen LogP contribution is 1.85. The van der Waals surface area contributed by atoms with E-state index in [1.807, 2.05) is 6.92 Å². The smallest absolute Gasteiger partial charge is 0.222 e. The number of aliphatic hydroxyl groups excluding tert-OH is 1. The van der Waals surface area contributed by atoms with Crippen molar-refractivity contribution in [2.24, 2.45) is 0 Å². The molecule has 0 spiro atoms. The van der Waals surface area contributed by atoms with E-state index in [0.29, 0.717) is 39.3 Å². The summed E-state index contributed by atoms with van der Waals surface area (Å²) in [6.07, 6.45) is 1.04. The first-order valence-electron chi connectivity index (χ1n) is 5.90. The molecule has 0 aromatic carbocycles. The Morgan fingerprint density at radius 3 is 2.75 bits per heavy atom. The Kier molecular flexibility index (Phi) is 10.4. The van der Waals surface area contributed by atoms with Crippen molar-refractivity contribution in [3.8, 4) is 0 Å². The van der Waals surface area contributed by atoms with E-state index in [1.54, 1.807) is 6.92 Å². The van der Waals surface area contributed by atoms with Gasteiger partial charge in [-0.3, -0.25) is 4.79 Å². The van der Waals surface area contributed by atoms with Crippen LogP contribution in [-0.2, 0) is 9.53 Å². The van der Waals surface area contributed by atoms with E-state index in [2.05, 4.69) is 10.6 Å². The first-order valence-corrected chi connectivity index (χ1v) is 5.90. The lowest BCUT2D eigenvalue weighted by molar-refractivity contribution is -0.122. The van der Waals surface area contributed by atoms with Crippen LogP contribution in [0.3, 0.4) is 0 Å². The average Bonchev–Trinajstić information content (AvgIpc) is 2.23. The maximum atomic E-state index is 11.2. The summed E-state index contributed by atoms with van der Waals surface area (Å²) in [6, 6.07) is 0. The van der Waals surface area contributed by atoms with Gasteiger partial charge >= 0.3 is 0 Å². The second kappa shape index (κ2) is 10.9. The highest BCUT2D eigenvalue weighted by Gasteiger charge is 2.00. The number of amides is 1. The second-order valence-corrected chi connectivity index (χ2v) is 3.77. The lowest BCUT2D eigenvalue weighted by Crippen LogP contribution is -2.34. The molecule has 0 aromatic heterocycles. The van der Waals surface area contributed by atoms with Gasteiger partial charge in [-0.05, 0) is 13.3 Å². The molecule has 16 heavy (non-hydrogen) atoms. The summed E-state index contributed by atoms with van der Waals surface area (Å²) in [7, 11) is 0. The third-order valence-corrected chi connectivity index (χ3v) is 1.89. The molecule has 5 nitrogen and oxygen atoms in total. The van der Waals surface area contributed by atoms with Gasteiger partial charge in [0.15, 0.2) is 0 Å². The molecule has 0 aliphatic carbocycles. The fourth-order valence-electron chi connectivity index (χ4n) is 1.10. The van der Waals surface area contributed by atoms with Crippen LogP contribution in [-0.4, -0.2) is 50.0 Å². The molecule has 5 heteroatoms. The van der Waals surface area contributed by atoms with E-state index in [9.17, 15) is 4.79 Å². The summed E-state index contributed by atoms with van der Waals surface area (Å²) in [4.78, 5) is 11.2. The lowest BCUT2D eigenvalue weighted by atomic mass is 10.4. The van der Waals surface area contributed by atoms with Crippen LogP contribution >= 0.6 is 0 Å². The molecule has 0 saturated carbocycles. The quantitative estimate of drug-likeness (QED) is 0.460. The lowest BCUT2D eigenvalue weighted by Gasteiger charge is -2.08. The molecule has 0 aliphatic heterocycles. The minimum Gasteiger partial charge on any atom is -0.392 e. The van der Waals surface area contributed by atoms with Crippen molar-refractivity contribution in [3.05, 3.63) is 0 Å². The predicted octanol–water partition coefficient (Wildman–Crippen LogP) is -0.110. The number of hydrogen-bond donors (Lipinski definition) is 3. The summed E-state index contributed by atoms with van der Waals surface area (Å²) < 4.78 is 5.20. The first-order chi connectivity index (χ1) is 7.66. The summed E-state index contributed by atoms with van der Waals surface area (Å²) in [6.45, 7) is 6.76. The number of ether oxygens (including phenoxy) is 1. The van der Waals surface area contributed by atoms with E-state index in [0.717, 1.165) is 6.42 Å². The molecule has 0 rings (SSSR count). The standard InChI is InChI=1S/C11H24N2O3/c1-3-7-16-8-4-11(15)13-6-5-12-9-10(2)14/h10,12,14H,3-9H2,1-2H3,(H,13,15). The molecule has 0 heterocycles. The van der Waals surface area contributed by atoms with Gasteiger partial charge in [-0.1, -0.05) is 6.92 Å². The largest absolute Gasteiger partial charge is 0.392 e. The van der Waals surface area contributed by atoms with E-state index in [4.69, 9.17) is 9.84 Å². The summed E-state index contributed by atoms with van der Waals surface area (Å²) in [5.74, 6) is 0.00921. The molecule has 1 atom stereocenters. The molecule has 0 bridgehead atoms. The van der Waals surface area contributed by atoms with Crippen molar-refractivity contribution < 1.29 is 14.6 Å². The molecule has 0 aliphatic rings. The topological polar surface area (TPSA) is 70.6 Å². The Labute approximate surface area is 97.6 Å². The van der Waals surface area contributed by atoms with Crippen molar-refractivity contribution in [2.45, 2.75) is 32.8 Å². The molecule has 1 unspecified atom stereocenters. The minimum atomic E-state index is -0.349. The van der Waals surface area contributed by atoms with E-state index in [-0.39, 0.29) is 12.0 Å². The number of nitrogens with one attached hydrogen (secondary N) is 2. The van der Waals surface area contributed by atoms with Crippen molar-refractivity contribution >= 4 is 5.91 Å². The number of aliphatic hydroxyl groups is 1. The van der Waals surface area contributed by atoms with Crippen LogP contribution in [0, 0.1) is 0 Å². The zero-order valence-corrected chi connectivity index (χ0v) is 10.3. The summed E-state index contributed by atoms with van der Waals surface area (Å²) >= 11 is 0. The number of hydrogen-bond acceptors (Lipinski definition) is 4. The Morgan fingerprint density at radius 2 is 2.12 bits per heavy atom. The number of rotatable bonds is 10. The van der Waals surface area contributed by atoms with Gasteiger partial charge in [0.2, 0.25) is 5.91 Å². The van der Waals surface area contributed by atoms with Gasteiger partial charge in [-0.2, -0.15) is 0 Å². The first kappa shape index (κ1) is 15.3. The van der Waals surface area contributed by atoms with Crippen LogP contribution in [0.5, 0.6) is 0 Å². The van der Waals surface area contributed by atoms with Crippen molar-refractivity contribution in [1.82, 2.24) is 10.6 Å². The van der Waals surface area contributed by atoms with Gasteiger partial charge in [0.05, 0.1) is 12.7 Å². The molecule has 3 N–H and O–H groups in total. The monoisotopic (exact) mass is 232 g/mol. The average molecular weight is 232 g/mol. The molecule has 0 radical (unpaired) electrons. The molecule has 0 fully saturated rings. The van der Waals surface area contributed by atoms with Crippen LogP contribution in [0.15, 0.2) is 0 Å². The van der Waals surface area contributed by atoms with Gasteiger partial charge in [0.1, 0.15) is 0 Å².